The van der Waals surface area contributed by atoms with Crippen LogP contribution in [0.4, 0.5) is 0 Å². The van der Waals surface area contributed by atoms with E-state index in [0.717, 1.165) is 24.3 Å². The fourth-order valence-electron chi connectivity index (χ4n) is 5.45. The first-order chi connectivity index (χ1) is 14.9. The fraction of sp³-hybridized carbons (Fsp3) is 0.348. The van der Waals surface area contributed by atoms with E-state index in [0.29, 0.717) is 15.6 Å². The second-order valence-corrected chi connectivity index (χ2v) is 9.69. The maximum Gasteiger partial charge on any atom is 0.274 e. The second kappa shape index (κ2) is 7.80. The highest BCUT2D eigenvalue weighted by atomic mass is 35.5. The smallest absolute Gasteiger partial charge is 0.272 e. The average molecular weight is 478 g/mol. The van der Waals surface area contributed by atoms with E-state index in [1.807, 2.05) is 0 Å². The highest BCUT2D eigenvalue weighted by Gasteiger charge is 2.62. The van der Waals surface area contributed by atoms with E-state index in [2.05, 4.69) is 0 Å². The minimum Gasteiger partial charge on any atom is -0.272 e. The number of imide groups is 1. The van der Waals surface area contributed by atoms with Crippen molar-refractivity contribution in [1.29, 1.82) is 0 Å². The minimum atomic E-state index is -0.509. The van der Waals surface area contributed by atoms with Crippen molar-refractivity contribution in [2.24, 2.45) is 23.7 Å². The zero-order valence-electron chi connectivity index (χ0n) is 16.4. The molecule has 3 aliphatic rings. The van der Waals surface area contributed by atoms with E-state index in [-0.39, 0.29) is 52.6 Å². The third-order valence-corrected chi connectivity index (χ3v) is 7.87. The number of rotatable bonds is 4. The molecular weight excluding hydrogens is 459 g/mol. The molecule has 1 aliphatic heterocycles. The van der Waals surface area contributed by atoms with Crippen LogP contribution in [-0.2, 0) is 16.1 Å². The molecule has 0 spiro atoms. The summed E-state index contributed by atoms with van der Waals surface area (Å²) in [4.78, 5) is 40.3. The topological polar surface area (TPSA) is 57.7 Å². The molecule has 4 atom stereocenters. The van der Waals surface area contributed by atoms with E-state index in [1.54, 1.807) is 42.5 Å². The zero-order chi connectivity index (χ0) is 21.9. The van der Waals surface area contributed by atoms with Gasteiger partial charge in [0.2, 0.25) is 0 Å². The number of carbonyl (C=O) groups excluding carboxylic acids is 3. The Morgan fingerprint density at radius 2 is 1.55 bits per heavy atom. The summed E-state index contributed by atoms with van der Waals surface area (Å²) < 4.78 is 0. The van der Waals surface area contributed by atoms with Gasteiger partial charge in [0.15, 0.2) is 0 Å². The van der Waals surface area contributed by atoms with Crippen LogP contribution in [0.25, 0.3) is 0 Å². The van der Waals surface area contributed by atoms with Crippen molar-refractivity contribution in [2.45, 2.75) is 25.8 Å². The van der Waals surface area contributed by atoms with Gasteiger partial charge in [0.05, 0.1) is 39.0 Å². The van der Waals surface area contributed by atoms with Gasteiger partial charge in [-0.1, -0.05) is 53.0 Å². The molecule has 2 aromatic rings. The Morgan fingerprint density at radius 1 is 0.903 bits per heavy atom. The number of carbonyl (C=O) groups is 3. The third kappa shape index (κ3) is 3.34. The molecule has 31 heavy (non-hydrogen) atoms. The SMILES string of the molecule is O=C(c1ccccc1Cl)N(Cc1ccc(Cl)c(Cl)c1)N1C(=O)[C@@H]2[C@@H]3CC[C@@H](C3)[C@@H]2C1=O. The Balaban J connectivity index is 1.54. The number of hydrogen-bond donors (Lipinski definition) is 0. The van der Waals surface area contributed by atoms with Crippen LogP contribution in [0.5, 0.6) is 0 Å². The predicted octanol–water partition coefficient (Wildman–Crippen LogP) is 5.24. The van der Waals surface area contributed by atoms with Crippen LogP contribution < -0.4 is 0 Å². The van der Waals surface area contributed by atoms with Crippen molar-refractivity contribution in [3.63, 3.8) is 0 Å². The third-order valence-electron chi connectivity index (χ3n) is 6.80. The summed E-state index contributed by atoms with van der Waals surface area (Å²) in [6, 6.07) is 11.6. The van der Waals surface area contributed by atoms with Crippen LogP contribution in [0.3, 0.4) is 0 Å². The predicted molar refractivity (Wildman–Crippen MR) is 117 cm³/mol. The van der Waals surface area contributed by atoms with Crippen molar-refractivity contribution >= 4 is 52.5 Å². The van der Waals surface area contributed by atoms with Gasteiger partial charge in [-0.2, -0.15) is 5.01 Å². The number of amides is 3. The molecule has 2 aromatic carbocycles. The van der Waals surface area contributed by atoms with Crippen molar-refractivity contribution in [3.05, 3.63) is 68.7 Å². The lowest BCUT2D eigenvalue weighted by Gasteiger charge is -2.31. The van der Waals surface area contributed by atoms with E-state index in [9.17, 15) is 14.4 Å². The molecule has 0 radical (unpaired) electrons. The van der Waals surface area contributed by atoms with Gasteiger partial charge in [0.1, 0.15) is 0 Å². The van der Waals surface area contributed by atoms with Gasteiger partial charge >= 0.3 is 0 Å². The Morgan fingerprint density at radius 3 is 2.16 bits per heavy atom. The van der Waals surface area contributed by atoms with Crippen LogP contribution >= 0.6 is 34.8 Å². The molecule has 5 rings (SSSR count). The number of halogens is 3. The Bertz CT molecular complexity index is 1080. The Kier molecular flexibility index (Phi) is 5.24. The number of benzene rings is 2. The van der Waals surface area contributed by atoms with E-state index in [1.165, 1.54) is 5.01 Å². The summed E-state index contributed by atoms with van der Waals surface area (Å²) in [5.41, 5.74) is 0.875. The Hall–Kier alpha value is -2.08. The summed E-state index contributed by atoms with van der Waals surface area (Å²) in [6.45, 7) is -0.00675. The van der Waals surface area contributed by atoms with Crippen molar-refractivity contribution in [2.75, 3.05) is 0 Å². The first kappa shape index (κ1) is 20.8. The molecule has 2 aliphatic carbocycles. The van der Waals surface area contributed by atoms with E-state index in [4.69, 9.17) is 34.8 Å². The van der Waals surface area contributed by atoms with Crippen molar-refractivity contribution in [1.82, 2.24) is 10.0 Å². The first-order valence-corrected chi connectivity index (χ1v) is 11.4. The van der Waals surface area contributed by atoms with Crippen LogP contribution in [0.2, 0.25) is 15.1 Å². The molecule has 0 N–H and O–H groups in total. The molecule has 160 valence electrons. The molecule has 0 unspecified atom stereocenters. The highest BCUT2D eigenvalue weighted by Crippen LogP contribution is 2.56. The molecule has 5 nitrogen and oxygen atoms in total. The van der Waals surface area contributed by atoms with Gasteiger partial charge in [0.25, 0.3) is 17.7 Å². The standard InChI is InChI=1S/C23H19Cl3N2O3/c24-16-4-2-1-3-15(16)21(29)27(11-12-5-8-17(25)18(26)9-12)28-22(30)19-13-6-7-14(10-13)20(19)23(28)31/h1-5,8-9,13-14,19-20H,6-7,10-11H2/t13-,14+,19-,20+. The molecule has 8 heteroatoms. The molecule has 2 saturated carbocycles. The molecule has 1 heterocycles. The zero-order valence-corrected chi connectivity index (χ0v) is 18.7. The minimum absolute atomic E-state index is 0.00675. The summed E-state index contributed by atoms with van der Waals surface area (Å²) in [5.74, 6) is -1.31. The maximum atomic E-state index is 13.5. The Labute approximate surface area is 194 Å². The summed E-state index contributed by atoms with van der Waals surface area (Å²) >= 11 is 18.5. The van der Waals surface area contributed by atoms with Gasteiger partial charge in [-0.05, 0) is 60.9 Å². The van der Waals surface area contributed by atoms with Crippen LogP contribution in [-0.4, -0.2) is 27.7 Å². The molecule has 2 bridgehead atoms. The van der Waals surface area contributed by atoms with Crippen LogP contribution in [0, 0.1) is 23.7 Å². The normalized spacial score (nSPS) is 26.5. The molecule has 1 saturated heterocycles. The summed E-state index contributed by atoms with van der Waals surface area (Å²) in [7, 11) is 0. The fourth-order valence-corrected chi connectivity index (χ4v) is 5.99. The maximum absolute atomic E-state index is 13.5. The number of hydrogen-bond acceptors (Lipinski definition) is 3. The van der Waals surface area contributed by atoms with E-state index < -0.39 is 5.91 Å². The molecular formula is C23H19Cl3N2O3. The van der Waals surface area contributed by atoms with Crippen LogP contribution in [0.1, 0.15) is 35.2 Å². The van der Waals surface area contributed by atoms with Gasteiger partial charge in [-0.25, -0.2) is 5.01 Å². The second-order valence-electron chi connectivity index (χ2n) is 8.46. The van der Waals surface area contributed by atoms with Gasteiger partial charge in [0, 0.05) is 0 Å². The molecule has 3 fully saturated rings. The van der Waals surface area contributed by atoms with E-state index >= 15 is 0 Å². The monoisotopic (exact) mass is 476 g/mol. The van der Waals surface area contributed by atoms with Gasteiger partial charge < -0.3 is 0 Å². The summed E-state index contributed by atoms with van der Waals surface area (Å²) in [5, 5.41) is 3.25. The number of hydrazine groups is 1. The van der Waals surface area contributed by atoms with Gasteiger partial charge in [-0.15, -0.1) is 0 Å². The average Bonchev–Trinajstić information content (AvgIpc) is 3.43. The molecule has 3 amide bonds. The van der Waals surface area contributed by atoms with Crippen LogP contribution in [0.15, 0.2) is 42.5 Å². The molecule has 0 aromatic heterocycles. The lowest BCUT2D eigenvalue weighted by atomic mass is 9.81. The number of nitrogens with zero attached hydrogens (tertiary/aromatic N) is 2. The number of fused-ring (bicyclic) bond motifs is 5. The largest absolute Gasteiger partial charge is 0.274 e. The van der Waals surface area contributed by atoms with Crippen molar-refractivity contribution in [3.8, 4) is 0 Å². The highest BCUT2D eigenvalue weighted by molar-refractivity contribution is 6.42. The summed E-state index contributed by atoms with van der Waals surface area (Å²) in [6.07, 6.45) is 2.85. The quantitative estimate of drug-likeness (QED) is 0.566. The lowest BCUT2D eigenvalue weighted by molar-refractivity contribution is -0.156. The van der Waals surface area contributed by atoms with Gasteiger partial charge in [-0.3, -0.25) is 14.4 Å². The van der Waals surface area contributed by atoms with Crippen molar-refractivity contribution < 1.29 is 14.4 Å². The lowest BCUT2D eigenvalue weighted by Crippen LogP contribution is -2.50. The first-order valence-electron chi connectivity index (χ1n) is 10.2.